The second kappa shape index (κ2) is 14.2. The molecule has 0 bridgehead atoms. The van der Waals surface area contributed by atoms with Crippen LogP contribution in [0.25, 0.3) is 5.69 Å². The van der Waals surface area contributed by atoms with Crippen molar-refractivity contribution in [2.45, 2.75) is 58.3 Å². The molecule has 1 atom stereocenters. The molecule has 0 aliphatic carbocycles. The Bertz CT molecular complexity index is 1670. The maximum Gasteiger partial charge on any atom is 0.324 e. The third-order valence-electron chi connectivity index (χ3n) is 8.56. The Morgan fingerprint density at radius 3 is 2.37 bits per heavy atom. The summed E-state index contributed by atoms with van der Waals surface area (Å²) in [5, 5.41) is 14.2. The summed E-state index contributed by atoms with van der Waals surface area (Å²) in [5.74, 6) is 1.85. The maximum absolute atomic E-state index is 14.1. The van der Waals surface area contributed by atoms with Crippen LogP contribution in [0.4, 0.5) is 16.3 Å². The fraction of sp³-hybridized carbons (Fsp3) is 0.378. The van der Waals surface area contributed by atoms with Crippen LogP contribution in [0.2, 0.25) is 0 Å². The number of anilines is 2. The number of nitrogens with zero attached hydrogens (tertiary/aromatic N) is 2. The van der Waals surface area contributed by atoms with Crippen molar-refractivity contribution in [2.75, 3.05) is 37.9 Å². The summed E-state index contributed by atoms with van der Waals surface area (Å²) in [5.41, 5.74) is 4.94. The number of urea groups is 1. The topological polar surface area (TPSA) is 107 Å². The molecule has 1 fully saturated rings. The number of hydrogen-bond donors (Lipinski definition) is 3. The molecule has 1 aromatic heterocycles. The highest BCUT2D eigenvalue weighted by Crippen LogP contribution is 2.36. The first kappa shape index (κ1) is 32.8. The summed E-state index contributed by atoms with van der Waals surface area (Å²) in [6.07, 6.45) is 2.00. The van der Waals surface area contributed by atoms with Gasteiger partial charge in [-0.1, -0.05) is 50.6 Å². The summed E-state index contributed by atoms with van der Waals surface area (Å²) >= 11 is 0. The lowest BCUT2D eigenvalue weighted by Crippen LogP contribution is -2.34. The molecule has 9 heteroatoms. The van der Waals surface area contributed by atoms with E-state index in [0.717, 1.165) is 54.0 Å². The van der Waals surface area contributed by atoms with Crippen LogP contribution >= 0.6 is 0 Å². The first-order valence-corrected chi connectivity index (χ1v) is 15.9. The van der Waals surface area contributed by atoms with Crippen LogP contribution in [0.15, 0.2) is 72.8 Å². The summed E-state index contributed by atoms with van der Waals surface area (Å²) in [6, 6.07) is 22.7. The highest BCUT2D eigenvalue weighted by Gasteiger charge is 2.32. The van der Waals surface area contributed by atoms with Gasteiger partial charge in [0.25, 0.3) is 0 Å². The van der Waals surface area contributed by atoms with Gasteiger partial charge in [-0.15, -0.1) is 0 Å². The standard InChI is InChI=1S/C37H45N5O4/c1-24-10-12-29(13-11-24)42-34(23-33(41-42)37(2,3)4)40-36(44)39-28-9-7-8-26(20-28)35(25-16-18-38-19-17-25)31(43)22-27-21-30(45-5)14-15-32(27)46-6/h7-15,20-21,23,25,35,38H,16-19,22H2,1-6H3,(H2,39,40,44). The minimum Gasteiger partial charge on any atom is -0.497 e. The number of nitrogens with one attached hydrogen (secondary N) is 3. The number of Topliss-reactive ketones (excluding diaryl/α,β-unsaturated/α-hetero) is 1. The largest absolute Gasteiger partial charge is 0.497 e. The molecule has 46 heavy (non-hydrogen) atoms. The van der Waals surface area contributed by atoms with Crippen molar-refractivity contribution in [2.24, 2.45) is 5.92 Å². The van der Waals surface area contributed by atoms with E-state index >= 15 is 0 Å². The molecule has 3 N–H and O–H groups in total. The number of ketones is 1. The summed E-state index contributed by atoms with van der Waals surface area (Å²) in [7, 11) is 3.22. The highest BCUT2D eigenvalue weighted by molar-refractivity contribution is 5.99. The second-order valence-electron chi connectivity index (χ2n) is 13.0. The Hall–Kier alpha value is -4.63. The minimum absolute atomic E-state index is 0.108. The van der Waals surface area contributed by atoms with E-state index in [0.29, 0.717) is 23.0 Å². The Labute approximate surface area is 271 Å². The van der Waals surface area contributed by atoms with Crippen LogP contribution in [0.3, 0.4) is 0 Å². The minimum atomic E-state index is -0.392. The Kier molecular flexibility index (Phi) is 10.1. The number of amides is 2. The Balaban J connectivity index is 1.39. The molecule has 0 saturated carbocycles. The average molecular weight is 624 g/mol. The zero-order valence-corrected chi connectivity index (χ0v) is 27.6. The van der Waals surface area contributed by atoms with Crippen molar-refractivity contribution in [1.82, 2.24) is 15.1 Å². The van der Waals surface area contributed by atoms with Crippen LogP contribution in [0, 0.1) is 12.8 Å². The number of methoxy groups -OCH3 is 2. The molecule has 4 aromatic rings. The number of aromatic nitrogens is 2. The molecular formula is C37H45N5O4. The molecule has 3 aromatic carbocycles. The van der Waals surface area contributed by atoms with Crippen molar-refractivity contribution < 1.29 is 19.1 Å². The number of carbonyl (C=O) groups excluding carboxylic acids is 2. The fourth-order valence-electron chi connectivity index (χ4n) is 6.02. The lowest BCUT2D eigenvalue weighted by atomic mass is 9.76. The smallest absolute Gasteiger partial charge is 0.324 e. The third kappa shape index (κ3) is 7.77. The monoisotopic (exact) mass is 623 g/mol. The van der Waals surface area contributed by atoms with Gasteiger partial charge in [-0.05, 0) is 86.8 Å². The SMILES string of the molecule is COc1ccc(OC)c(CC(=O)C(c2cccc(NC(=O)Nc3cc(C(C)(C)C)nn3-c3ccc(C)cc3)c2)C2CCNCC2)c1. The quantitative estimate of drug-likeness (QED) is 0.175. The molecule has 2 amide bonds. The van der Waals surface area contributed by atoms with E-state index in [4.69, 9.17) is 14.6 Å². The van der Waals surface area contributed by atoms with Crippen molar-refractivity contribution in [3.8, 4) is 17.2 Å². The van der Waals surface area contributed by atoms with Gasteiger partial charge in [-0.3, -0.25) is 10.1 Å². The van der Waals surface area contributed by atoms with Crippen LogP contribution in [-0.2, 0) is 16.6 Å². The van der Waals surface area contributed by atoms with Gasteiger partial charge in [0.15, 0.2) is 0 Å². The molecule has 0 spiro atoms. The number of hydrogen-bond acceptors (Lipinski definition) is 6. The molecule has 1 aliphatic heterocycles. The Morgan fingerprint density at radius 2 is 1.70 bits per heavy atom. The van der Waals surface area contributed by atoms with Crippen LogP contribution in [0.5, 0.6) is 11.5 Å². The van der Waals surface area contributed by atoms with Gasteiger partial charge < -0.3 is 20.1 Å². The molecule has 1 saturated heterocycles. The maximum atomic E-state index is 14.1. The van der Waals surface area contributed by atoms with Gasteiger partial charge in [-0.25, -0.2) is 9.48 Å². The molecule has 9 nitrogen and oxygen atoms in total. The van der Waals surface area contributed by atoms with Gasteiger partial charge in [0.2, 0.25) is 0 Å². The van der Waals surface area contributed by atoms with E-state index in [1.807, 2.05) is 79.7 Å². The fourth-order valence-corrected chi connectivity index (χ4v) is 6.02. The van der Waals surface area contributed by atoms with Crippen molar-refractivity contribution >= 4 is 23.3 Å². The zero-order valence-electron chi connectivity index (χ0n) is 27.6. The van der Waals surface area contributed by atoms with Gasteiger partial charge in [0, 0.05) is 35.1 Å². The first-order valence-electron chi connectivity index (χ1n) is 15.9. The van der Waals surface area contributed by atoms with E-state index < -0.39 is 6.03 Å². The van der Waals surface area contributed by atoms with Gasteiger partial charge in [0.1, 0.15) is 23.1 Å². The number of piperidine rings is 1. The van der Waals surface area contributed by atoms with Crippen molar-refractivity contribution in [3.05, 3.63) is 95.2 Å². The van der Waals surface area contributed by atoms with Crippen molar-refractivity contribution in [1.29, 1.82) is 0 Å². The summed E-state index contributed by atoms with van der Waals surface area (Å²) in [4.78, 5) is 27.5. The number of aryl methyl sites for hydroxylation is 1. The van der Waals surface area contributed by atoms with Gasteiger partial charge in [-0.2, -0.15) is 5.10 Å². The Morgan fingerprint density at radius 1 is 0.957 bits per heavy atom. The predicted octanol–water partition coefficient (Wildman–Crippen LogP) is 7.03. The van der Waals surface area contributed by atoms with E-state index in [9.17, 15) is 9.59 Å². The lowest BCUT2D eigenvalue weighted by molar-refractivity contribution is -0.121. The summed E-state index contributed by atoms with van der Waals surface area (Å²) < 4.78 is 12.8. The number of rotatable bonds is 10. The number of benzene rings is 3. The van der Waals surface area contributed by atoms with E-state index in [2.05, 4.69) is 36.7 Å². The highest BCUT2D eigenvalue weighted by atomic mass is 16.5. The molecule has 5 rings (SSSR count). The summed E-state index contributed by atoms with van der Waals surface area (Å²) in [6.45, 7) is 10.0. The first-order chi connectivity index (χ1) is 22.0. The lowest BCUT2D eigenvalue weighted by Gasteiger charge is -2.30. The van der Waals surface area contributed by atoms with Crippen LogP contribution in [-0.4, -0.2) is 48.9 Å². The third-order valence-corrected chi connectivity index (χ3v) is 8.56. The van der Waals surface area contributed by atoms with E-state index in [1.54, 1.807) is 18.9 Å². The van der Waals surface area contributed by atoms with Crippen LogP contribution < -0.4 is 25.4 Å². The second-order valence-corrected chi connectivity index (χ2v) is 13.0. The molecular weight excluding hydrogens is 578 g/mol. The molecule has 242 valence electrons. The normalized spacial score (nSPS) is 14.4. The van der Waals surface area contributed by atoms with E-state index in [-0.39, 0.29) is 29.5 Å². The predicted molar refractivity (Wildman–Crippen MR) is 183 cm³/mol. The van der Waals surface area contributed by atoms with Crippen molar-refractivity contribution in [3.63, 3.8) is 0 Å². The number of ether oxygens (including phenoxy) is 2. The molecule has 0 radical (unpaired) electrons. The van der Waals surface area contributed by atoms with Gasteiger partial charge >= 0.3 is 6.03 Å². The van der Waals surface area contributed by atoms with E-state index in [1.165, 1.54) is 0 Å². The van der Waals surface area contributed by atoms with Gasteiger partial charge in [0.05, 0.1) is 25.6 Å². The average Bonchev–Trinajstić information content (AvgIpc) is 3.46. The zero-order chi connectivity index (χ0) is 32.8. The number of carbonyl (C=O) groups is 2. The molecule has 1 aliphatic rings. The molecule has 2 heterocycles. The molecule has 1 unspecified atom stereocenters. The van der Waals surface area contributed by atoms with Crippen LogP contribution in [0.1, 0.15) is 61.9 Å².